The Morgan fingerprint density at radius 1 is 1.17 bits per heavy atom. The Morgan fingerprint density at radius 3 is 2.11 bits per heavy atom. The average molecular weight is 251 g/mol. The summed E-state index contributed by atoms with van der Waals surface area (Å²) in [5.41, 5.74) is 7.37. The predicted molar refractivity (Wildman–Crippen MR) is 74.9 cm³/mol. The van der Waals surface area contributed by atoms with Gasteiger partial charge in [0.05, 0.1) is 7.11 Å². The lowest BCUT2D eigenvalue weighted by Crippen LogP contribution is -2.46. The highest BCUT2D eigenvalue weighted by Crippen LogP contribution is 2.41. The minimum Gasteiger partial charge on any atom is -0.496 e. The van der Waals surface area contributed by atoms with Crippen LogP contribution in [0.2, 0.25) is 0 Å². The van der Waals surface area contributed by atoms with Crippen LogP contribution in [0.3, 0.4) is 0 Å². The van der Waals surface area contributed by atoms with Crippen molar-refractivity contribution < 1.29 is 9.84 Å². The molecule has 0 saturated carbocycles. The van der Waals surface area contributed by atoms with Crippen LogP contribution < -0.4 is 10.5 Å². The second kappa shape index (κ2) is 4.90. The number of aliphatic hydroxyl groups is 1. The SMILES string of the molecule is COc1cc(C)c(C(O)(CN)C(C)(C)C)cc1C. The van der Waals surface area contributed by atoms with Gasteiger partial charge >= 0.3 is 0 Å². The molecule has 0 aliphatic heterocycles. The highest BCUT2D eigenvalue weighted by atomic mass is 16.5. The Labute approximate surface area is 110 Å². The number of nitrogens with two attached hydrogens (primary N) is 1. The van der Waals surface area contributed by atoms with Gasteiger partial charge in [-0.3, -0.25) is 0 Å². The number of benzene rings is 1. The molecule has 0 saturated heterocycles. The third kappa shape index (κ3) is 2.38. The fourth-order valence-corrected chi connectivity index (χ4v) is 2.28. The van der Waals surface area contributed by atoms with Crippen LogP contribution in [0.4, 0.5) is 0 Å². The van der Waals surface area contributed by atoms with E-state index in [0.29, 0.717) is 0 Å². The fourth-order valence-electron chi connectivity index (χ4n) is 2.28. The van der Waals surface area contributed by atoms with Crippen molar-refractivity contribution in [2.24, 2.45) is 11.1 Å². The number of hydrogen-bond acceptors (Lipinski definition) is 3. The van der Waals surface area contributed by atoms with Crippen LogP contribution in [0.1, 0.15) is 37.5 Å². The largest absolute Gasteiger partial charge is 0.496 e. The monoisotopic (exact) mass is 251 g/mol. The molecule has 0 aromatic heterocycles. The molecule has 3 nitrogen and oxygen atoms in total. The van der Waals surface area contributed by atoms with Gasteiger partial charge < -0.3 is 15.6 Å². The second-order valence-corrected chi connectivity index (χ2v) is 5.95. The molecule has 0 bridgehead atoms. The molecule has 3 N–H and O–H groups in total. The number of hydrogen-bond donors (Lipinski definition) is 2. The lowest BCUT2D eigenvalue weighted by molar-refractivity contribution is -0.0562. The second-order valence-electron chi connectivity index (χ2n) is 5.95. The summed E-state index contributed by atoms with van der Waals surface area (Å²) in [7, 11) is 1.65. The topological polar surface area (TPSA) is 55.5 Å². The molecule has 0 aliphatic rings. The maximum Gasteiger partial charge on any atom is 0.122 e. The summed E-state index contributed by atoms with van der Waals surface area (Å²) in [6.07, 6.45) is 0. The Morgan fingerprint density at radius 2 is 1.72 bits per heavy atom. The van der Waals surface area contributed by atoms with E-state index in [1.807, 2.05) is 46.8 Å². The fraction of sp³-hybridized carbons (Fsp3) is 0.600. The molecular weight excluding hydrogens is 226 g/mol. The summed E-state index contributed by atoms with van der Waals surface area (Å²) in [6.45, 7) is 10.1. The highest BCUT2D eigenvalue weighted by molar-refractivity contribution is 5.44. The summed E-state index contributed by atoms with van der Waals surface area (Å²) in [4.78, 5) is 0. The van der Waals surface area contributed by atoms with E-state index < -0.39 is 5.60 Å². The summed E-state index contributed by atoms with van der Waals surface area (Å²) >= 11 is 0. The molecule has 1 aromatic rings. The van der Waals surface area contributed by atoms with E-state index in [9.17, 15) is 5.11 Å². The summed E-state index contributed by atoms with van der Waals surface area (Å²) in [5.74, 6) is 0.838. The van der Waals surface area contributed by atoms with Crippen molar-refractivity contribution in [1.82, 2.24) is 0 Å². The molecule has 18 heavy (non-hydrogen) atoms. The van der Waals surface area contributed by atoms with E-state index in [0.717, 1.165) is 22.4 Å². The lowest BCUT2D eigenvalue weighted by Gasteiger charge is -2.41. The third-order valence-corrected chi connectivity index (χ3v) is 3.72. The minimum atomic E-state index is -1.03. The summed E-state index contributed by atoms with van der Waals surface area (Å²) < 4.78 is 5.30. The maximum absolute atomic E-state index is 10.9. The van der Waals surface area contributed by atoms with Crippen LogP contribution >= 0.6 is 0 Å². The molecule has 1 aromatic carbocycles. The van der Waals surface area contributed by atoms with Crippen molar-refractivity contribution in [3.63, 3.8) is 0 Å². The van der Waals surface area contributed by atoms with Gasteiger partial charge in [0.2, 0.25) is 0 Å². The van der Waals surface area contributed by atoms with Gasteiger partial charge in [-0.05, 0) is 48.1 Å². The first kappa shape index (κ1) is 15.0. The molecule has 0 heterocycles. The van der Waals surface area contributed by atoms with E-state index in [2.05, 4.69) is 0 Å². The van der Waals surface area contributed by atoms with Crippen molar-refractivity contribution >= 4 is 0 Å². The van der Waals surface area contributed by atoms with Gasteiger partial charge in [0.1, 0.15) is 11.4 Å². The Kier molecular flexibility index (Phi) is 4.08. The molecule has 1 atom stereocenters. The minimum absolute atomic E-state index is 0.198. The van der Waals surface area contributed by atoms with Crippen molar-refractivity contribution in [3.8, 4) is 5.75 Å². The van der Waals surface area contributed by atoms with E-state index in [4.69, 9.17) is 10.5 Å². The predicted octanol–water partition coefficient (Wildman–Crippen LogP) is 2.50. The quantitative estimate of drug-likeness (QED) is 0.868. The molecule has 3 heteroatoms. The molecule has 102 valence electrons. The Hall–Kier alpha value is -1.06. The van der Waals surface area contributed by atoms with Gasteiger partial charge in [0, 0.05) is 6.54 Å². The van der Waals surface area contributed by atoms with Crippen LogP contribution in [0.15, 0.2) is 12.1 Å². The van der Waals surface area contributed by atoms with Crippen molar-refractivity contribution in [2.75, 3.05) is 13.7 Å². The standard InChI is InChI=1S/C15H25NO2/c1-10-8-13(18-6)11(2)7-12(10)15(17,9-16)14(3,4)5/h7-8,17H,9,16H2,1-6H3. The smallest absolute Gasteiger partial charge is 0.122 e. The van der Waals surface area contributed by atoms with Gasteiger partial charge in [0.15, 0.2) is 0 Å². The zero-order valence-corrected chi connectivity index (χ0v) is 12.3. The van der Waals surface area contributed by atoms with Crippen molar-refractivity contribution in [3.05, 3.63) is 28.8 Å². The van der Waals surface area contributed by atoms with Gasteiger partial charge in [-0.1, -0.05) is 20.8 Å². The number of methoxy groups -OCH3 is 1. The molecule has 1 rings (SSSR count). The van der Waals surface area contributed by atoms with Crippen LogP contribution in [0.25, 0.3) is 0 Å². The van der Waals surface area contributed by atoms with Crippen LogP contribution in [-0.4, -0.2) is 18.8 Å². The maximum atomic E-state index is 10.9. The van der Waals surface area contributed by atoms with E-state index in [1.165, 1.54) is 0 Å². The summed E-state index contributed by atoms with van der Waals surface area (Å²) in [5, 5.41) is 10.9. The third-order valence-electron chi connectivity index (χ3n) is 3.72. The van der Waals surface area contributed by atoms with Crippen LogP contribution in [-0.2, 0) is 5.60 Å². The van der Waals surface area contributed by atoms with Gasteiger partial charge in [-0.2, -0.15) is 0 Å². The van der Waals surface area contributed by atoms with Gasteiger partial charge in [-0.15, -0.1) is 0 Å². The van der Waals surface area contributed by atoms with Crippen molar-refractivity contribution in [1.29, 1.82) is 0 Å². The Balaban J connectivity index is 3.45. The first-order valence-corrected chi connectivity index (χ1v) is 6.25. The molecule has 0 radical (unpaired) electrons. The zero-order chi connectivity index (χ0) is 14.1. The highest BCUT2D eigenvalue weighted by Gasteiger charge is 2.41. The van der Waals surface area contributed by atoms with Gasteiger partial charge in [-0.25, -0.2) is 0 Å². The van der Waals surface area contributed by atoms with Gasteiger partial charge in [0.25, 0.3) is 0 Å². The number of aryl methyl sites for hydroxylation is 2. The molecule has 1 unspecified atom stereocenters. The molecular formula is C15H25NO2. The number of rotatable bonds is 3. The Bertz CT molecular complexity index is 435. The van der Waals surface area contributed by atoms with E-state index in [1.54, 1.807) is 7.11 Å². The summed E-state index contributed by atoms with van der Waals surface area (Å²) in [6, 6.07) is 3.93. The molecule has 0 aliphatic carbocycles. The van der Waals surface area contributed by atoms with E-state index >= 15 is 0 Å². The number of ether oxygens (including phenoxy) is 1. The average Bonchev–Trinajstić information content (AvgIpc) is 2.29. The van der Waals surface area contributed by atoms with E-state index in [-0.39, 0.29) is 12.0 Å². The lowest BCUT2D eigenvalue weighted by atomic mass is 9.70. The first-order chi connectivity index (χ1) is 8.17. The molecule has 0 fully saturated rings. The zero-order valence-electron chi connectivity index (χ0n) is 12.3. The van der Waals surface area contributed by atoms with Crippen LogP contribution in [0, 0.1) is 19.3 Å². The normalized spacial score (nSPS) is 15.3. The first-order valence-electron chi connectivity index (χ1n) is 6.25. The van der Waals surface area contributed by atoms with Crippen LogP contribution in [0.5, 0.6) is 5.75 Å². The molecule has 0 spiro atoms. The van der Waals surface area contributed by atoms with Crippen molar-refractivity contribution in [2.45, 2.75) is 40.2 Å². The molecule has 0 amide bonds.